The van der Waals surface area contributed by atoms with Crippen molar-refractivity contribution in [3.05, 3.63) is 34.9 Å². The van der Waals surface area contributed by atoms with Gasteiger partial charge in [-0.1, -0.05) is 37.6 Å². The van der Waals surface area contributed by atoms with Crippen molar-refractivity contribution in [3.8, 4) is 6.07 Å². The Labute approximate surface area is 128 Å². The Morgan fingerprint density at radius 2 is 1.86 bits per heavy atom. The van der Waals surface area contributed by atoms with Crippen molar-refractivity contribution < 1.29 is 5.11 Å². The van der Waals surface area contributed by atoms with Crippen LogP contribution in [0.15, 0.2) is 18.2 Å². The summed E-state index contributed by atoms with van der Waals surface area (Å²) in [6, 6.07) is 8.60. The van der Waals surface area contributed by atoms with Gasteiger partial charge in [-0.2, -0.15) is 5.26 Å². The molecule has 1 aromatic carbocycles. The summed E-state index contributed by atoms with van der Waals surface area (Å²) in [4.78, 5) is 0. The highest BCUT2D eigenvalue weighted by molar-refractivity contribution is 5.34. The van der Waals surface area contributed by atoms with E-state index in [1.807, 2.05) is 26.0 Å². The highest BCUT2D eigenvalue weighted by atomic mass is 16.3. The van der Waals surface area contributed by atoms with E-state index in [4.69, 9.17) is 0 Å². The van der Waals surface area contributed by atoms with Gasteiger partial charge in [0.25, 0.3) is 0 Å². The number of hydrogen-bond acceptors (Lipinski definition) is 2. The predicted molar refractivity (Wildman–Crippen MR) is 85.7 cm³/mol. The molecule has 0 amide bonds. The second-order valence-electron chi connectivity index (χ2n) is 7.11. The van der Waals surface area contributed by atoms with Gasteiger partial charge >= 0.3 is 0 Å². The number of benzene rings is 1. The van der Waals surface area contributed by atoms with Crippen LogP contribution >= 0.6 is 0 Å². The minimum absolute atomic E-state index is 0.607. The van der Waals surface area contributed by atoms with Gasteiger partial charge in [0.15, 0.2) is 0 Å². The average molecular weight is 285 g/mol. The van der Waals surface area contributed by atoms with Gasteiger partial charge in [0.2, 0.25) is 0 Å². The van der Waals surface area contributed by atoms with Crippen molar-refractivity contribution in [2.45, 2.75) is 59.5 Å². The zero-order valence-electron chi connectivity index (χ0n) is 13.7. The molecule has 1 N–H and O–H groups in total. The largest absolute Gasteiger partial charge is 0.387 e. The average Bonchev–Trinajstić information content (AvgIpc) is 2.49. The van der Waals surface area contributed by atoms with Gasteiger partial charge in [-0.25, -0.2) is 0 Å². The summed E-state index contributed by atoms with van der Waals surface area (Å²) in [6.07, 6.45) is 3.04. The van der Waals surface area contributed by atoms with E-state index in [-0.39, 0.29) is 0 Å². The van der Waals surface area contributed by atoms with E-state index in [1.54, 1.807) is 0 Å². The topological polar surface area (TPSA) is 44.0 Å². The molecule has 1 atom stereocenters. The molecule has 114 valence electrons. The summed E-state index contributed by atoms with van der Waals surface area (Å²) >= 11 is 0. The Morgan fingerprint density at radius 3 is 2.38 bits per heavy atom. The monoisotopic (exact) mass is 285 g/mol. The number of nitrogens with zero attached hydrogens (tertiary/aromatic N) is 1. The molecule has 21 heavy (non-hydrogen) atoms. The van der Waals surface area contributed by atoms with Gasteiger partial charge in [0.05, 0.1) is 17.6 Å². The van der Waals surface area contributed by atoms with Gasteiger partial charge in [-0.3, -0.25) is 0 Å². The standard InChI is InChI=1S/C19H27NO/c1-13(2)16-7-9-19(12-20,10-8-16)18(21)17-11-14(3)5-6-15(17)4/h5-6,11,13,16,18,21H,7-10H2,1-4H3. The number of hydrogen-bond donors (Lipinski definition) is 1. The van der Waals surface area contributed by atoms with Gasteiger partial charge in [-0.15, -0.1) is 0 Å². The smallest absolute Gasteiger partial charge is 0.0978 e. The molecule has 0 spiro atoms. The fourth-order valence-corrected chi connectivity index (χ4v) is 3.62. The molecule has 1 aliphatic carbocycles. The van der Waals surface area contributed by atoms with E-state index in [0.717, 1.165) is 42.4 Å². The van der Waals surface area contributed by atoms with Crippen molar-refractivity contribution in [1.82, 2.24) is 0 Å². The van der Waals surface area contributed by atoms with Crippen LogP contribution < -0.4 is 0 Å². The van der Waals surface area contributed by atoms with E-state index in [9.17, 15) is 10.4 Å². The summed E-state index contributed by atoms with van der Waals surface area (Å²) < 4.78 is 0. The predicted octanol–water partition coefficient (Wildman–Crippen LogP) is 4.69. The summed E-state index contributed by atoms with van der Waals surface area (Å²) in [5, 5.41) is 20.7. The summed E-state index contributed by atoms with van der Waals surface area (Å²) in [5.41, 5.74) is 2.54. The van der Waals surface area contributed by atoms with Crippen LogP contribution in [0.25, 0.3) is 0 Å². The highest BCUT2D eigenvalue weighted by Gasteiger charge is 2.43. The van der Waals surface area contributed by atoms with E-state index in [0.29, 0.717) is 11.8 Å². The Bertz CT molecular complexity index is 533. The van der Waals surface area contributed by atoms with Gasteiger partial charge < -0.3 is 5.11 Å². The fraction of sp³-hybridized carbons (Fsp3) is 0.632. The zero-order chi connectivity index (χ0) is 15.6. The highest BCUT2D eigenvalue weighted by Crippen LogP contribution is 2.49. The lowest BCUT2D eigenvalue weighted by atomic mass is 9.64. The van der Waals surface area contributed by atoms with Crippen LogP contribution in [-0.2, 0) is 0 Å². The van der Waals surface area contributed by atoms with Crippen molar-refractivity contribution in [3.63, 3.8) is 0 Å². The molecule has 0 aliphatic heterocycles. The molecule has 2 heteroatoms. The molecule has 2 nitrogen and oxygen atoms in total. The summed E-state index contributed by atoms with van der Waals surface area (Å²) in [7, 11) is 0. The molecule has 1 aliphatic rings. The number of aliphatic hydroxyl groups is 1. The summed E-state index contributed by atoms with van der Waals surface area (Å²) in [6.45, 7) is 8.56. The van der Waals surface area contributed by atoms with E-state index >= 15 is 0 Å². The Hall–Kier alpha value is -1.33. The first kappa shape index (κ1) is 16.0. The molecule has 1 unspecified atom stereocenters. The lowest BCUT2D eigenvalue weighted by Gasteiger charge is -2.40. The van der Waals surface area contributed by atoms with Crippen LogP contribution in [0.4, 0.5) is 0 Å². The molecular formula is C19H27NO. The molecule has 0 heterocycles. The zero-order valence-corrected chi connectivity index (χ0v) is 13.7. The van der Waals surface area contributed by atoms with Crippen LogP contribution in [0.3, 0.4) is 0 Å². The van der Waals surface area contributed by atoms with Crippen molar-refractivity contribution in [1.29, 1.82) is 5.26 Å². The molecule has 1 fully saturated rings. The Kier molecular flexibility index (Phi) is 4.74. The minimum Gasteiger partial charge on any atom is -0.387 e. The molecule has 2 rings (SSSR count). The summed E-state index contributed by atoms with van der Waals surface area (Å²) in [5.74, 6) is 1.36. The van der Waals surface area contributed by atoms with E-state index in [2.05, 4.69) is 26.0 Å². The van der Waals surface area contributed by atoms with E-state index < -0.39 is 11.5 Å². The molecule has 0 bridgehead atoms. The third-order valence-corrected chi connectivity index (χ3v) is 5.34. The van der Waals surface area contributed by atoms with Crippen LogP contribution in [0.1, 0.15) is 62.3 Å². The van der Waals surface area contributed by atoms with Crippen molar-refractivity contribution >= 4 is 0 Å². The first-order valence-electron chi connectivity index (χ1n) is 8.06. The Balaban J connectivity index is 2.26. The maximum Gasteiger partial charge on any atom is 0.0978 e. The molecule has 0 radical (unpaired) electrons. The Morgan fingerprint density at radius 1 is 1.24 bits per heavy atom. The van der Waals surface area contributed by atoms with Crippen LogP contribution in [0.2, 0.25) is 0 Å². The lowest BCUT2D eigenvalue weighted by Crippen LogP contribution is -2.34. The number of aliphatic hydroxyl groups excluding tert-OH is 1. The molecule has 1 saturated carbocycles. The van der Waals surface area contributed by atoms with Crippen molar-refractivity contribution in [2.75, 3.05) is 0 Å². The third-order valence-electron chi connectivity index (χ3n) is 5.34. The van der Waals surface area contributed by atoms with Gasteiger partial charge in [0.1, 0.15) is 0 Å². The number of rotatable bonds is 3. The second kappa shape index (κ2) is 6.20. The molecule has 0 aromatic heterocycles. The molecular weight excluding hydrogens is 258 g/mol. The first-order chi connectivity index (χ1) is 9.89. The quantitative estimate of drug-likeness (QED) is 0.875. The fourth-order valence-electron chi connectivity index (χ4n) is 3.62. The SMILES string of the molecule is Cc1ccc(C)c(C(O)C2(C#N)CCC(C(C)C)CC2)c1. The molecule has 1 aromatic rings. The second-order valence-corrected chi connectivity index (χ2v) is 7.11. The van der Waals surface area contributed by atoms with Crippen LogP contribution in [0, 0.1) is 42.4 Å². The molecule has 0 saturated heterocycles. The minimum atomic E-state index is -0.671. The van der Waals surface area contributed by atoms with Gasteiger partial charge in [-0.05, 0) is 62.5 Å². The van der Waals surface area contributed by atoms with Crippen LogP contribution in [-0.4, -0.2) is 5.11 Å². The lowest BCUT2D eigenvalue weighted by molar-refractivity contribution is 0.0186. The normalized spacial score (nSPS) is 27.4. The number of nitriles is 1. The first-order valence-corrected chi connectivity index (χ1v) is 8.06. The van der Waals surface area contributed by atoms with Crippen LogP contribution in [0.5, 0.6) is 0 Å². The van der Waals surface area contributed by atoms with Gasteiger partial charge in [0, 0.05) is 0 Å². The van der Waals surface area contributed by atoms with E-state index in [1.165, 1.54) is 0 Å². The maximum absolute atomic E-state index is 10.9. The maximum atomic E-state index is 10.9. The van der Waals surface area contributed by atoms with Crippen molar-refractivity contribution in [2.24, 2.45) is 17.3 Å². The number of aryl methyl sites for hydroxylation is 2. The third kappa shape index (κ3) is 3.14.